The molecule has 1 aliphatic rings. The molecule has 0 unspecified atom stereocenters. The summed E-state index contributed by atoms with van der Waals surface area (Å²) in [7, 11) is 0. The Morgan fingerprint density at radius 2 is 2.00 bits per heavy atom. The van der Waals surface area contributed by atoms with Crippen LogP contribution in [0.25, 0.3) is 0 Å². The summed E-state index contributed by atoms with van der Waals surface area (Å²) in [5.41, 5.74) is 1.57. The lowest BCUT2D eigenvalue weighted by Gasteiger charge is -2.14. The van der Waals surface area contributed by atoms with Crippen molar-refractivity contribution in [3.8, 4) is 0 Å². The van der Waals surface area contributed by atoms with E-state index in [1.807, 2.05) is 26.0 Å². The average Bonchev–Trinajstić information content (AvgIpc) is 2.38. The van der Waals surface area contributed by atoms with Gasteiger partial charge in [0.2, 0.25) is 5.91 Å². The van der Waals surface area contributed by atoms with Crippen LogP contribution in [0.4, 0.5) is 5.82 Å². The molecule has 3 nitrogen and oxygen atoms in total. The third-order valence-corrected chi connectivity index (χ3v) is 2.98. The van der Waals surface area contributed by atoms with Gasteiger partial charge in [-0.15, -0.1) is 0 Å². The first-order valence-corrected chi connectivity index (χ1v) is 5.26. The van der Waals surface area contributed by atoms with Gasteiger partial charge in [-0.05, 0) is 25.8 Å². The molecule has 0 saturated carbocycles. The second-order valence-electron chi connectivity index (χ2n) is 4.87. The minimum atomic E-state index is -0.447. The maximum absolute atomic E-state index is 11.7. The van der Waals surface area contributed by atoms with Crippen LogP contribution in [-0.2, 0) is 10.2 Å². The number of hydrogen-bond acceptors (Lipinski definition) is 2. The molecule has 0 spiro atoms. The molecule has 0 aromatic carbocycles. The Morgan fingerprint density at radius 1 is 1.33 bits per heavy atom. The smallest absolute Gasteiger partial charge is 0.235 e. The van der Waals surface area contributed by atoms with E-state index in [1.54, 1.807) is 0 Å². The van der Waals surface area contributed by atoms with Crippen molar-refractivity contribution in [3.63, 3.8) is 0 Å². The zero-order valence-corrected chi connectivity index (χ0v) is 9.59. The Labute approximate surface area is 89.9 Å². The summed E-state index contributed by atoms with van der Waals surface area (Å²) in [5.74, 6) is 1.15. The van der Waals surface area contributed by atoms with Gasteiger partial charge >= 0.3 is 0 Å². The summed E-state index contributed by atoms with van der Waals surface area (Å²) < 4.78 is 0. The minimum Gasteiger partial charge on any atom is -0.310 e. The molecule has 0 bridgehead atoms. The van der Waals surface area contributed by atoms with Crippen LogP contribution in [0.3, 0.4) is 0 Å². The Morgan fingerprint density at radius 3 is 2.60 bits per heavy atom. The molecular weight excluding hydrogens is 188 g/mol. The monoisotopic (exact) mass is 204 g/mol. The number of rotatable bonds is 1. The fourth-order valence-electron chi connectivity index (χ4n) is 1.78. The Kier molecular flexibility index (Phi) is 2.07. The standard InChI is InChI=1S/C12H16N2O/c1-7(2)9-6-5-8-10(13-9)14-11(15)12(8,3)4/h5-7H,1-4H3,(H,13,14,15). The van der Waals surface area contributed by atoms with Crippen LogP contribution >= 0.6 is 0 Å². The molecule has 1 amide bonds. The zero-order valence-electron chi connectivity index (χ0n) is 9.59. The summed E-state index contributed by atoms with van der Waals surface area (Å²) in [4.78, 5) is 16.1. The maximum Gasteiger partial charge on any atom is 0.235 e. The van der Waals surface area contributed by atoms with Crippen LogP contribution in [0.5, 0.6) is 0 Å². The van der Waals surface area contributed by atoms with Gasteiger partial charge in [0.1, 0.15) is 5.82 Å². The number of aromatic nitrogens is 1. The average molecular weight is 204 g/mol. The van der Waals surface area contributed by atoms with Crippen molar-refractivity contribution < 1.29 is 4.79 Å². The van der Waals surface area contributed by atoms with Crippen molar-refractivity contribution in [1.82, 2.24) is 4.98 Å². The van der Waals surface area contributed by atoms with Gasteiger partial charge in [0.15, 0.2) is 0 Å². The first-order valence-electron chi connectivity index (χ1n) is 5.26. The molecule has 0 atom stereocenters. The minimum absolute atomic E-state index is 0.0332. The second kappa shape index (κ2) is 3.05. The number of nitrogens with one attached hydrogen (secondary N) is 1. The first kappa shape index (κ1) is 10.1. The van der Waals surface area contributed by atoms with Crippen LogP contribution < -0.4 is 5.32 Å². The van der Waals surface area contributed by atoms with E-state index in [0.29, 0.717) is 5.92 Å². The maximum atomic E-state index is 11.7. The van der Waals surface area contributed by atoms with E-state index in [9.17, 15) is 4.79 Å². The molecule has 2 rings (SSSR count). The number of anilines is 1. The molecule has 1 aromatic heterocycles. The molecule has 80 valence electrons. The van der Waals surface area contributed by atoms with E-state index in [1.165, 1.54) is 0 Å². The molecule has 0 aliphatic carbocycles. The van der Waals surface area contributed by atoms with E-state index in [0.717, 1.165) is 17.1 Å². The van der Waals surface area contributed by atoms with Crippen LogP contribution in [0, 0.1) is 0 Å². The Bertz CT molecular complexity index is 422. The summed E-state index contributed by atoms with van der Waals surface area (Å²) in [5, 5.41) is 2.83. The van der Waals surface area contributed by atoms with E-state index in [4.69, 9.17) is 0 Å². The van der Waals surface area contributed by atoms with Gasteiger partial charge < -0.3 is 5.32 Å². The van der Waals surface area contributed by atoms with Crippen molar-refractivity contribution in [2.75, 3.05) is 5.32 Å². The molecule has 1 aliphatic heterocycles. The third kappa shape index (κ3) is 1.42. The largest absolute Gasteiger partial charge is 0.310 e. The zero-order chi connectivity index (χ0) is 11.2. The lowest BCUT2D eigenvalue weighted by Crippen LogP contribution is -2.26. The van der Waals surface area contributed by atoms with Crippen molar-refractivity contribution in [3.05, 3.63) is 23.4 Å². The summed E-state index contributed by atoms with van der Waals surface area (Å²) >= 11 is 0. The Hall–Kier alpha value is -1.38. The second-order valence-corrected chi connectivity index (χ2v) is 4.87. The molecular formula is C12H16N2O. The molecule has 0 fully saturated rings. The molecule has 15 heavy (non-hydrogen) atoms. The summed E-state index contributed by atoms with van der Waals surface area (Å²) in [6.45, 7) is 8.03. The lowest BCUT2D eigenvalue weighted by molar-refractivity contribution is -0.119. The highest BCUT2D eigenvalue weighted by Gasteiger charge is 2.39. The highest BCUT2D eigenvalue weighted by Crippen LogP contribution is 2.36. The van der Waals surface area contributed by atoms with Crippen LogP contribution in [-0.4, -0.2) is 10.9 Å². The van der Waals surface area contributed by atoms with Gasteiger partial charge in [-0.25, -0.2) is 4.98 Å². The van der Waals surface area contributed by atoms with Crippen molar-refractivity contribution in [2.24, 2.45) is 0 Å². The normalized spacial score (nSPS) is 17.8. The highest BCUT2D eigenvalue weighted by molar-refractivity contribution is 6.04. The first-order chi connectivity index (χ1) is 6.93. The Balaban J connectivity index is 2.51. The number of pyridine rings is 1. The van der Waals surface area contributed by atoms with Gasteiger partial charge in [-0.2, -0.15) is 0 Å². The quantitative estimate of drug-likeness (QED) is 0.763. The van der Waals surface area contributed by atoms with Gasteiger partial charge in [-0.3, -0.25) is 4.79 Å². The summed E-state index contributed by atoms with van der Waals surface area (Å²) in [6.07, 6.45) is 0. The van der Waals surface area contributed by atoms with Crippen molar-refractivity contribution >= 4 is 11.7 Å². The lowest BCUT2D eigenvalue weighted by atomic mass is 9.87. The van der Waals surface area contributed by atoms with Crippen molar-refractivity contribution in [2.45, 2.75) is 39.0 Å². The SMILES string of the molecule is CC(C)c1ccc2c(n1)NC(=O)C2(C)C. The van der Waals surface area contributed by atoms with Gasteiger partial charge in [0.25, 0.3) is 0 Å². The van der Waals surface area contributed by atoms with E-state index in [-0.39, 0.29) is 5.91 Å². The van der Waals surface area contributed by atoms with Crippen LogP contribution in [0.15, 0.2) is 12.1 Å². The fraction of sp³-hybridized carbons (Fsp3) is 0.500. The van der Waals surface area contributed by atoms with Crippen molar-refractivity contribution in [1.29, 1.82) is 0 Å². The topological polar surface area (TPSA) is 42.0 Å². The molecule has 0 radical (unpaired) electrons. The number of carbonyl (C=O) groups is 1. The predicted octanol–water partition coefficient (Wildman–Crippen LogP) is 2.43. The predicted molar refractivity (Wildman–Crippen MR) is 60.0 cm³/mol. The number of nitrogens with zero attached hydrogens (tertiary/aromatic N) is 1. The third-order valence-electron chi connectivity index (χ3n) is 2.98. The van der Waals surface area contributed by atoms with Gasteiger partial charge in [0.05, 0.1) is 5.41 Å². The summed E-state index contributed by atoms with van der Waals surface area (Å²) in [6, 6.07) is 4.01. The number of hydrogen-bond donors (Lipinski definition) is 1. The van der Waals surface area contributed by atoms with Crippen LogP contribution in [0.1, 0.15) is 44.9 Å². The number of amides is 1. The molecule has 1 aromatic rings. The fourth-order valence-corrected chi connectivity index (χ4v) is 1.78. The van der Waals surface area contributed by atoms with Crippen LogP contribution in [0.2, 0.25) is 0 Å². The van der Waals surface area contributed by atoms with E-state index < -0.39 is 5.41 Å². The van der Waals surface area contributed by atoms with E-state index >= 15 is 0 Å². The molecule has 3 heteroatoms. The highest BCUT2D eigenvalue weighted by atomic mass is 16.2. The number of carbonyl (C=O) groups excluding carboxylic acids is 1. The molecule has 2 heterocycles. The van der Waals surface area contributed by atoms with Gasteiger partial charge in [-0.1, -0.05) is 19.9 Å². The number of fused-ring (bicyclic) bond motifs is 1. The molecule has 1 N–H and O–H groups in total. The molecule has 0 saturated heterocycles. The van der Waals surface area contributed by atoms with Gasteiger partial charge in [0, 0.05) is 11.3 Å². The van der Waals surface area contributed by atoms with E-state index in [2.05, 4.69) is 24.1 Å².